The Balaban J connectivity index is 1.79. The maximum Gasteiger partial charge on any atom is 0.261 e. The van der Waals surface area contributed by atoms with Crippen molar-refractivity contribution in [2.45, 2.75) is 19.8 Å². The average Bonchev–Trinajstić information content (AvgIpc) is 2.90. The van der Waals surface area contributed by atoms with Gasteiger partial charge in [-0.05, 0) is 48.9 Å². The van der Waals surface area contributed by atoms with Gasteiger partial charge in [0, 0.05) is 17.8 Å². The molecule has 0 spiro atoms. The predicted octanol–water partition coefficient (Wildman–Crippen LogP) is 3.34. The van der Waals surface area contributed by atoms with Crippen molar-refractivity contribution in [3.8, 4) is 5.75 Å². The maximum atomic E-state index is 12.5. The number of amides is 3. The molecule has 0 saturated carbocycles. The van der Waals surface area contributed by atoms with Gasteiger partial charge in [0.1, 0.15) is 5.75 Å². The second kappa shape index (κ2) is 7.39. The van der Waals surface area contributed by atoms with E-state index >= 15 is 0 Å². The molecule has 0 aromatic heterocycles. The monoisotopic (exact) mass is 352 g/mol. The first-order valence-electron chi connectivity index (χ1n) is 8.50. The van der Waals surface area contributed by atoms with Crippen LogP contribution in [0, 0.1) is 0 Å². The third-order valence-electron chi connectivity index (χ3n) is 4.32. The van der Waals surface area contributed by atoms with Gasteiger partial charge in [-0.25, -0.2) is 0 Å². The molecule has 134 valence electrons. The number of anilines is 1. The van der Waals surface area contributed by atoms with Crippen molar-refractivity contribution in [2.24, 2.45) is 0 Å². The standard InChI is InChI=1S/C20H20N2O4/c1-3-4-11-22-19(24)16-10-5-13(12-17(16)20(22)25)18(23)21-14-6-8-15(26-2)9-7-14/h5-10,12H,3-4,11H2,1-2H3,(H,21,23). The number of hydrogen-bond donors (Lipinski definition) is 1. The van der Waals surface area contributed by atoms with Gasteiger partial charge in [-0.15, -0.1) is 0 Å². The van der Waals surface area contributed by atoms with E-state index in [2.05, 4.69) is 5.32 Å². The lowest BCUT2D eigenvalue weighted by atomic mass is 10.1. The van der Waals surface area contributed by atoms with Gasteiger partial charge in [0.15, 0.2) is 0 Å². The summed E-state index contributed by atoms with van der Waals surface area (Å²) in [5, 5.41) is 2.77. The normalized spacial score (nSPS) is 12.9. The first-order chi connectivity index (χ1) is 12.5. The first-order valence-corrected chi connectivity index (χ1v) is 8.50. The lowest BCUT2D eigenvalue weighted by molar-refractivity contribution is 0.0652. The van der Waals surface area contributed by atoms with Gasteiger partial charge in [0.25, 0.3) is 17.7 Å². The van der Waals surface area contributed by atoms with Crippen LogP contribution in [0.25, 0.3) is 0 Å². The van der Waals surface area contributed by atoms with Crippen LogP contribution in [0.2, 0.25) is 0 Å². The number of methoxy groups -OCH3 is 1. The molecule has 1 heterocycles. The number of nitrogens with zero attached hydrogens (tertiary/aromatic N) is 1. The summed E-state index contributed by atoms with van der Waals surface area (Å²) in [7, 11) is 1.57. The highest BCUT2D eigenvalue weighted by atomic mass is 16.5. The SMILES string of the molecule is CCCCN1C(=O)c2ccc(C(=O)Nc3ccc(OC)cc3)cc2C1=O. The number of imide groups is 1. The molecular formula is C20H20N2O4. The number of benzene rings is 2. The van der Waals surface area contributed by atoms with Gasteiger partial charge in [0.05, 0.1) is 18.2 Å². The van der Waals surface area contributed by atoms with Gasteiger partial charge in [-0.3, -0.25) is 19.3 Å². The van der Waals surface area contributed by atoms with Crippen LogP contribution in [0.5, 0.6) is 5.75 Å². The third kappa shape index (κ3) is 3.31. The van der Waals surface area contributed by atoms with Gasteiger partial charge in [-0.2, -0.15) is 0 Å². The van der Waals surface area contributed by atoms with Crippen LogP contribution >= 0.6 is 0 Å². The van der Waals surface area contributed by atoms with Gasteiger partial charge < -0.3 is 10.1 Å². The summed E-state index contributed by atoms with van der Waals surface area (Å²) in [6, 6.07) is 11.5. The molecule has 0 atom stereocenters. The number of fused-ring (bicyclic) bond motifs is 1. The number of unbranched alkanes of at least 4 members (excludes halogenated alkanes) is 1. The first kappa shape index (κ1) is 17.7. The van der Waals surface area contributed by atoms with Crippen LogP contribution in [0.15, 0.2) is 42.5 Å². The van der Waals surface area contributed by atoms with E-state index in [0.717, 1.165) is 12.8 Å². The lowest BCUT2D eigenvalue weighted by Gasteiger charge is -2.12. The van der Waals surface area contributed by atoms with E-state index in [9.17, 15) is 14.4 Å². The molecule has 0 bridgehead atoms. The van der Waals surface area contributed by atoms with Gasteiger partial charge >= 0.3 is 0 Å². The van der Waals surface area contributed by atoms with E-state index in [-0.39, 0.29) is 23.3 Å². The minimum Gasteiger partial charge on any atom is -0.497 e. The van der Waals surface area contributed by atoms with E-state index in [1.165, 1.54) is 11.0 Å². The summed E-state index contributed by atoms with van der Waals surface area (Å²) in [6.07, 6.45) is 1.65. The summed E-state index contributed by atoms with van der Waals surface area (Å²) >= 11 is 0. The molecule has 2 aromatic carbocycles. The molecule has 6 nitrogen and oxygen atoms in total. The summed E-state index contributed by atoms with van der Waals surface area (Å²) < 4.78 is 5.08. The number of carbonyl (C=O) groups is 3. The summed E-state index contributed by atoms with van der Waals surface area (Å²) in [6.45, 7) is 2.40. The fourth-order valence-corrected chi connectivity index (χ4v) is 2.83. The maximum absolute atomic E-state index is 12.5. The van der Waals surface area contributed by atoms with E-state index in [1.54, 1.807) is 43.5 Å². The van der Waals surface area contributed by atoms with Crippen molar-refractivity contribution < 1.29 is 19.1 Å². The van der Waals surface area contributed by atoms with Crippen LogP contribution in [0.1, 0.15) is 50.8 Å². The zero-order valence-corrected chi connectivity index (χ0v) is 14.7. The number of ether oxygens (including phenoxy) is 1. The lowest BCUT2D eigenvalue weighted by Crippen LogP contribution is -2.30. The second-order valence-corrected chi connectivity index (χ2v) is 6.06. The zero-order valence-electron chi connectivity index (χ0n) is 14.7. The highest BCUT2D eigenvalue weighted by molar-refractivity contribution is 6.22. The van der Waals surface area contributed by atoms with Crippen LogP contribution < -0.4 is 10.1 Å². The highest BCUT2D eigenvalue weighted by Gasteiger charge is 2.35. The van der Waals surface area contributed by atoms with Crippen LogP contribution in [-0.4, -0.2) is 36.3 Å². The molecule has 0 unspecified atom stereocenters. The van der Waals surface area contributed by atoms with E-state index in [0.29, 0.717) is 29.1 Å². The Hall–Kier alpha value is -3.15. The summed E-state index contributed by atoms with van der Waals surface area (Å²) in [5.41, 5.74) is 1.59. The molecular weight excluding hydrogens is 332 g/mol. The zero-order chi connectivity index (χ0) is 18.7. The molecule has 26 heavy (non-hydrogen) atoms. The van der Waals surface area contributed by atoms with Crippen molar-refractivity contribution >= 4 is 23.4 Å². The molecule has 6 heteroatoms. The molecule has 2 aromatic rings. The van der Waals surface area contributed by atoms with E-state index < -0.39 is 0 Å². The van der Waals surface area contributed by atoms with Crippen molar-refractivity contribution in [1.82, 2.24) is 4.90 Å². The minimum absolute atomic E-state index is 0.286. The van der Waals surface area contributed by atoms with E-state index in [4.69, 9.17) is 4.74 Å². The Labute approximate surface area is 151 Å². The molecule has 1 aliphatic heterocycles. The predicted molar refractivity (Wildman–Crippen MR) is 97.7 cm³/mol. The molecule has 1 aliphatic rings. The van der Waals surface area contributed by atoms with Crippen molar-refractivity contribution in [2.75, 3.05) is 19.0 Å². The average molecular weight is 352 g/mol. The largest absolute Gasteiger partial charge is 0.497 e. The van der Waals surface area contributed by atoms with Gasteiger partial charge in [0.2, 0.25) is 0 Å². The van der Waals surface area contributed by atoms with Crippen LogP contribution in [0.4, 0.5) is 5.69 Å². The molecule has 0 aliphatic carbocycles. The summed E-state index contributed by atoms with van der Waals surface area (Å²) in [5.74, 6) is -0.278. The molecule has 3 amide bonds. The number of hydrogen-bond acceptors (Lipinski definition) is 4. The number of nitrogens with one attached hydrogen (secondary N) is 1. The molecule has 1 N–H and O–H groups in total. The highest BCUT2D eigenvalue weighted by Crippen LogP contribution is 2.25. The Bertz CT molecular complexity index is 859. The second-order valence-electron chi connectivity index (χ2n) is 6.06. The van der Waals surface area contributed by atoms with Crippen molar-refractivity contribution in [1.29, 1.82) is 0 Å². The topological polar surface area (TPSA) is 75.7 Å². The fourth-order valence-electron chi connectivity index (χ4n) is 2.83. The third-order valence-corrected chi connectivity index (χ3v) is 4.32. The number of carbonyl (C=O) groups excluding carboxylic acids is 3. The van der Waals surface area contributed by atoms with Gasteiger partial charge in [-0.1, -0.05) is 13.3 Å². The Morgan fingerprint density at radius 3 is 2.38 bits per heavy atom. The molecule has 3 rings (SSSR count). The fraction of sp³-hybridized carbons (Fsp3) is 0.250. The van der Waals surface area contributed by atoms with Crippen LogP contribution in [0.3, 0.4) is 0 Å². The quantitative estimate of drug-likeness (QED) is 0.809. The minimum atomic E-state index is -0.342. The van der Waals surface area contributed by atoms with Crippen molar-refractivity contribution in [3.63, 3.8) is 0 Å². The van der Waals surface area contributed by atoms with Crippen molar-refractivity contribution in [3.05, 3.63) is 59.2 Å². The molecule has 0 fully saturated rings. The molecule has 0 radical (unpaired) electrons. The molecule has 0 saturated heterocycles. The van der Waals surface area contributed by atoms with Crippen LogP contribution in [-0.2, 0) is 0 Å². The Morgan fingerprint density at radius 2 is 1.73 bits per heavy atom. The Kier molecular flexibility index (Phi) is 5.02. The smallest absolute Gasteiger partial charge is 0.261 e. The summed E-state index contributed by atoms with van der Waals surface area (Å²) in [4.78, 5) is 38.5. The number of rotatable bonds is 6. The Morgan fingerprint density at radius 1 is 1.04 bits per heavy atom. The van der Waals surface area contributed by atoms with E-state index in [1.807, 2.05) is 6.92 Å².